The largest absolute Gasteiger partial charge is 0.502 e. The summed E-state index contributed by atoms with van der Waals surface area (Å²) in [5, 5.41) is 16.8. The number of nitrogens with one attached hydrogen (secondary N) is 2. The number of aromatic nitrogens is 2. The number of hydrogen-bond donors (Lipinski definition) is 3. The standard InChI is InChI=1S/C35H44ClFN6O2/c1-21-17-42(18-22(2)43(21)19-23-9-10-23)30-16-28(37)27(15-29(30)41-33-31(44)32(36)38-20-39-33)24-11-13-26(14-12-24)40-34(45)35(3,4)25-7-5-6-8-25/h11-16,20-23,25,44H,5-10,17-19H2,1-4H3,(H,40,45)(H,38,39,41)/t21-,22-/m0/s1. The molecular weight excluding hydrogens is 591 g/mol. The van der Waals surface area contributed by atoms with E-state index in [-0.39, 0.29) is 28.4 Å². The smallest absolute Gasteiger partial charge is 0.230 e. The lowest BCUT2D eigenvalue weighted by molar-refractivity contribution is -0.126. The van der Waals surface area contributed by atoms with E-state index in [4.69, 9.17) is 11.6 Å². The molecule has 2 aliphatic carbocycles. The highest BCUT2D eigenvalue weighted by atomic mass is 35.5. The van der Waals surface area contributed by atoms with Crippen LogP contribution >= 0.6 is 11.6 Å². The van der Waals surface area contributed by atoms with Crippen LogP contribution in [0.4, 0.5) is 27.3 Å². The molecule has 0 unspecified atom stereocenters. The Morgan fingerprint density at radius 3 is 2.36 bits per heavy atom. The number of nitrogens with zero attached hydrogens (tertiary/aromatic N) is 4. The third kappa shape index (κ3) is 6.75. The first-order chi connectivity index (χ1) is 21.5. The molecule has 3 aliphatic rings. The fourth-order valence-electron chi connectivity index (χ4n) is 7.09. The minimum atomic E-state index is -0.453. The Morgan fingerprint density at radius 2 is 1.71 bits per heavy atom. The van der Waals surface area contributed by atoms with Gasteiger partial charge in [-0.05, 0) is 81.2 Å². The van der Waals surface area contributed by atoms with Gasteiger partial charge in [-0.15, -0.1) is 0 Å². The number of carbonyl (C=O) groups excluding carboxylic acids is 1. The molecule has 0 radical (unpaired) electrons. The van der Waals surface area contributed by atoms with Crippen LogP contribution in [0.15, 0.2) is 42.7 Å². The summed E-state index contributed by atoms with van der Waals surface area (Å²) in [5.74, 6) is 0.692. The normalized spacial score (nSPS) is 21.2. The molecule has 2 atom stereocenters. The monoisotopic (exact) mass is 634 g/mol. The topological polar surface area (TPSA) is 93.6 Å². The molecule has 2 saturated carbocycles. The van der Waals surface area contributed by atoms with Crippen LogP contribution in [0.2, 0.25) is 5.15 Å². The molecule has 2 aromatic carbocycles. The maximum atomic E-state index is 16.0. The number of amides is 1. The summed E-state index contributed by atoms with van der Waals surface area (Å²) in [6.07, 6.45) is 8.40. The second kappa shape index (κ2) is 12.8. The number of benzene rings is 2. The minimum Gasteiger partial charge on any atom is -0.502 e. The van der Waals surface area contributed by atoms with Gasteiger partial charge in [-0.25, -0.2) is 14.4 Å². The zero-order valence-electron chi connectivity index (χ0n) is 26.6. The van der Waals surface area contributed by atoms with E-state index in [0.29, 0.717) is 46.2 Å². The third-order valence-corrected chi connectivity index (χ3v) is 10.4. The Balaban J connectivity index is 1.28. The van der Waals surface area contributed by atoms with Crippen molar-refractivity contribution in [2.45, 2.75) is 78.3 Å². The van der Waals surface area contributed by atoms with E-state index in [1.165, 1.54) is 32.0 Å². The number of carbonyl (C=O) groups is 1. The van der Waals surface area contributed by atoms with Crippen molar-refractivity contribution in [2.24, 2.45) is 17.3 Å². The molecule has 1 aromatic heterocycles. The van der Waals surface area contributed by atoms with Gasteiger partial charge < -0.3 is 20.6 Å². The fraction of sp³-hybridized carbons (Fsp3) is 0.514. The van der Waals surface area contributed by atoms with Gasteiger partial charge in [0.25, 0.3) is 0 Å². The molecule has 6 rings (SSSR count). The van der Waals surface area contributed by atoms with E-state index < -0.39 is 5.41 Å². The van der Waals surface area contributed by atoms with Crippen LogP contribution in [0.1, 0.15) is 66.2 Å². The van der Waals surface area contributed by atoms with Crippen LogP contribution in [0.25, 0.3) is 11.1 Å². The van der Waals surface area contributed by atoms with E-state index in [9.17, 15) is 9.90 Å². The molecule has 3 N–H and O–H groups in total. The van der Waals surface area contributed by atoms with Crippen LogP contribution in [0, 0.1) is 23.1 Å². The van der Waals surface area contributed by atoms with Crippen molar-refractivity contribution in [2.75, 3.05) is 35.2 Å². The molecule has 1 amide bonds. The van der Waals surface area contributed by atoms with Gasteiger partial charge in [-0.1, -0.05) is 50.4 Å². The van der Waals surface area contributed by atoms with Crippen molar-refractivity contribution >= 4 is 40.4 Å². The van der Waals surface area contributed by atoms with Gasteiger partial charge >= 0.3 is 0 Å². The summed E-state index contributed by atoms with van der Waals surface area (Å²) in [7, 11) is 0. The van der Waals surface area contributed by atoms with Gasteiger partial charge in [0.2, 0.25) is 5.91 Å². The maximum absolute atomic E-state index is 16.0. The quantitative estimate of drug-likeness (QED) is 0.206. The van der Waals surface area contributed by atoms with Crippen molar-refractivity contribution < 1.29 is 14.3 Å². The Labute approximate surface area is 270 Å². The second-order valence-corrected chi connectivity index (χ2v) is 14.2. The molecule has 0 bridgehead atoms. The highest BCUT2D eigenvalue weighted by Gasteiger charge is 2.38. The molecule has 45 heavy (non-hydrogen) atoms. The molecule has 3 aromatic rings. The Hall–Kier alpha value is -3.43. The number of rotatable bonds is 9. The Bertz CT molecular complexity index is 1530. The summed E-state index contributed by atoms with van der Waals surface area (Å²) >= 11 is 6.09. The van der Waals surface area contributed by atoms with Crippen LogP contribution in [0.5, 0.6) is 5.75 Å². The Morgan fingerprint density at radius 1 is 1.04 bits per heavy atom. The van der Waals surface area contributed by atoms with Crippen molar-refractivity contribution in [3.63, 3.8) is 0 Å². The predicted octanol–water partition coefficient (Wildman–Crippen LogP) is 7.85. The second-order valence-electron chi connectivity index (χ2n) is 13.8. The summed E-state index contributed by atoms with van der Waals surface area (Å²) in [6.45, 7) is 11.1. The van der Waals surface area contributed by atoms with Crippen molar-refractivity contribution in [3.8, 4) is 16.9 Å². The predicted molar refractivity (Wildman–Crippen MR) is 179 cm³/mol. The van der Waals surface area contributed by atoms with Crippen LogP contribution in [0.3, 0.4) is 0 Å². The zero-order valence-corrected chi connectivity index (χ0v) is 27.4. The van der Waals surface area contributed by atoms with E-state index in [1.807, 2.05) is 38.1 Å². The minimum absolute atomic E-state index is 0.00757. The highest BCUT2D eigenvalue weighted by molar-refractivity contribution is 6.31. The van der Waals surface area contributed by atoms with Crippen LogP contribution < -0.4 is 15.5 Å². The average Bonchev–Trinajstić information content (AvgIpc) is 3.65. The Kier molecular flexibility index (Phi) is 8.94. The summed E-state index contributed by atoms with van der Waals surface area (Å²) in [5.41, 5.74) is 2.56. The van der Waals surface area contributed by atoms with Crippen molar-refractivity contribution in [3.05, 3.63) is 53.7 Å². The third-order valence-electron chi connectivity index (χ3n) is 10.1. The summed E-state index contributed by atoms with van der Waals surface area (Å²) in [6, 6.07) is 11.2. The first-order valence-corrected chi connectivity index (χ1v) is 16.6. The lowest BCUT2D eigenvalue weighted by Gasteiger charge is -2.46. The average molecular weight is 635 g/mol. The number of halogens is 2. The molecule has 3 fully saturated rings. The number of hydrogen-bond acceptors (Lipinski definition) is 7. The van der Waals surface area contributed by atoms with Crippen LogP contribution in [-0.2, 0) is 4.79 Å². The number of piperazine rings is 1. The van der Waals surface area contributed by atoms with E-state index >= 15 is 4.39 Å². The van der Waals surface area contributed by atoms with E-state index in [0.717, 1.165) is 38.4 Å². The van der Waals surface area contributed by atoms with Gasteiger partial charge in [0, 0.05) is 48.4 Å². The molecule has 8 nitrogen and oxygen atoms in total. The lowest BCUT2D eigenvalue weighted by atomic mass is 9.77. The highest BCUT2D eigenvalue weighted by Crippen LogP contribution is 2.42. The summed E-state index contributed by atoms with van der Waals surface area (Å²) < 4.78 is 16.0. The first-order valence-electron chi connectivity index (χ1n) is 16.2. The van der Waals surface area contributed by atoms with E-state index in [2.05, 4.69) is 44.2 Å². The fourth-order valence-corrected chi connectivity index (χ4v) is 7.23. The van der Waals surface area contributed by atoms with Gasteiger partial charge in [0.1, 0.15) is 12.1 Å². The molecule has 10 heteroatoms. The molecular formula is C35H44ClFN6O2. The first kappa shape index (κ1) is 31.5. The number of anilines is 4. The van der Waals surface area contributed by atoms with Gasteiger partial charge in [0.05, 0.1) is 11.4 Å². The molecule has 1 saturated heterocycles. The summed E-state index contributed by atoms with van der Waals surface area (Å²) in [4.78, 5) is 26.0. The van der Waals surface area contributed by atoms with Crippen LogP contribution in [-0.4, -0.2) is 57.6 Å². The lowest BCUT2D eigenvalue weighted by Crippen LogP contribution is -2.57. The SMILES string of the molecule is C[C@H]1CN(c2cc(F)c(-c3ccc(NC(=O)C(C)(C)C4CCCC4)cc3)cc2Nc2ncnc(Cl)c2O)C[C@H](C)N1CC1CC1. The molecule has 240 valence electrons. The molecule has 1 aliphatic heterocycles. The maximum Gasteiger partial charge on any atom is 0.230 e. The zero-order chi connectivity index (χ0) is 31.9. The van der Waals surface area contributed by atoms with Gasteiger partial charge in [-0.3, -0.25) is 9.69 Å². The van der Waals surface area contributed by atoms with Crippen molar-refractivity contribution in [1.29, 1.82) is 0 Å². The van der Waals surface area contributed by atoms with Crippen molar-refractivity contribution in [1.82, 2.24) is 14.9 Å². The van der Waals surface area contributed by atoms with Gasteiger partial charge in [0.15, 0.2) is 16.7 Å². The molecule has 0 spiro atoms. The van der Waals surface area contributed by atoms with E-state index in [1.54, 1.807) is 12.1 Å². The number of aromatic hydroxyl groups is 1. The molecule has 2 heterocycles. The van der Waals surface area contributed by atoms with Gasteiger partial charge in [-0.2, -0.15) is 0 Å².